The molecule has 0 unspecified atom stereocenters. The first-order chi connectivity index (χ1) is 17.2. The molecule has 4 heterocycles. The summed E-state index contributed by atoms with van der Waals surface area (Å²) in [6.45, 7) is 16.2. The van der Waals surface area contributed by atoms with E-state index in [0.717, 1.165) is 82.2 Å². The Balaban J connectivity index is 1.40. The van der Waals surface area contributed by atoms with Gasteiger partial charge in [0, 0.05) is 55.7 Å². The van der Waals surface area contributed by atoms with Crippen LogP contribution in [-0.2, 0) is 24.1 Å². The van der Waals surface area contributed by atoms with E-state index in [4.69, 9.17) is 14.5 Å². The molecule has 2 aromatic heterocycles. The quantitative estimate of drug-likeness (QED) is 0.551. The maximum absolute atomic E-state index is 12.0. The highest BCUT2D eigenvalue weighted by atomic mass is 16.5. The van der Waals surface area contributed by atoms with Crippen LogP contribution in [0.5, 0.6) is 0 Å². The van der Waals surface area contributed by atoms with Crippen LogP contribution in [0.3, 0.4) is 0 Å². The Morgan fingerprint density at radius 1 is 1.25 bits per heavy atom. The topological polar surface area (TPSA) is 87.4 Å². The molecule has 2 aromatic rings. The Bertz CT molecular complexity index is 1100. The summed E-state index contributed by atoms with van der Waals surface area (Å²) < 4.78 is 5.44. The lowest BCUT2D eigenvalue weighted by Gasteiger charge is -2.47. The van der Waals surface area contributed by atoms with E-state index in [2.05, 4.69) is 49.6 Å². The number of carbonyl (C=O) groups is 1. The fourth-order valence-corrected chi connectivity index (χ4v) is 6.15. The Kier molecular flexibility index (Phi) is 6.55. The molecule has 8 nitrogen and oxygen atoms in total. The van der Waals surface area contributed by atoms with Crippen molar-refractivity contribution in [1.29, 1.82) is 0 Å². The summed E-state index contributed by atoms with van der Waals surface area (Å²) in [4.78, 5) is 26.5. The van der Waals surface area contributed by atoms with E-state index < -0.39 is 0 Å². The number of nitrogens with zero attached hydrogens (tertiary/aromatic N) is 5. The lowest BCUT2D eigenvalue weighted by atomic mass is 9.76. The number of rotatable bonds is 8. The SMILES string of the molecule is C=CC(=O)N1CC2(CCN(c3nc4c(c(N[C@H](Cc5ccno5)CC(C)C)n3)CCC(C)(C)C4)C2)C1. The highest BCUT2D eigenvalue weighted by Gasteiger charge is 2.49. The summed E-state index contributed by atoms with van der Waals surface area (Å²) >= 11 is 0. The third kappa shape index (κ3) is 5.13. The molecule has 1 N–H and O–H groups in total. The minimum atomic E-state index is 0.0285. The van der Waals surface area contributed by atoms with Crippen molar-refractivity contribution in [2.75, 3.05) is 36.4 Å². The molecule has 0 radical (unpaired) electrons. The molecule has 2 fully saturated rings. The Labute approximate surface area is 214 Å². The predicted molar refractivity (Wildman–Crippen MR) is 141 cm³/mol. The molecule has 1 atom stereocenters. The fraction of sp³-hybridized carbons (Fsp3) is 0.643. The van der Waals surface area contributed by atoms with Crippen LogP contribution in [0.15, 0.2) is 29.4 Å². The van der Waals surface area contributed by atoms with Crippen molar-refractivity contribution in [1.82, 2.24) is 20.0 Å². The van der Waals surface area contributed by atoms with Crippen LogP contribution in [0.2, 0.25) is 0 Å². The molecule has 0 saturated carbocycles. The molecule has 8 heteroatoms. The largest absolute Gasteiger partial charge is 0.366 e. The number of hydrogen-bond donors (Lipinski definition) is 1. The second kappa shape index (κ2) is 9.52. The van der Waals surface area contributed by atoms with Gasteiger partial charge in [-0.2, -0.15) is 4.98 Å². The summed E-state index contributed by atoms with van der Waals surface area (Å²) in [7, 11) is 0. The molecule has 2 aliphatic heterocycles. The van der Waals surface area contributed by atoms with Gasteiger partial charge in [-0.3, -0.25) is 4.79 Å². The van der Waals surface area contributed by atoms with Crippen molar-refractivity contribution in [3.05, 3.63) is 41.9 Å². The molecule has 194 valence electrons. The van der Waals surface area contributed by atoms with E-state index in [1.165, 1.54) is 17.3 Å². The Hall–Kier alpha value is -2.90. The van der Waals surface area contributed by atoms with Crippen molar-refractivity contribution >= 4 is 17.7 Å². The van der Waals surface area contributed by atoms with Crippen molar-refractivity contribution in [3.63, 3.8) is 0 Å². The molecule has 2 saturated heterocycles. The van der Waals surface area contributed by atoms with Crippen molar-refractivity contribution in [2.45, 2.75) is 72.3 Å². The summed E-state index contributed by atoms with van der Waals surface area (Å²) in [5, 5.41) is 7.71. The summed E-state index contributed by atoms with van der Waals surface area (Å²) in [6, 6.07) is 2.15. The monoisotopic (exact) mass is 492 g/mol. The van der Waals surface area contributed by atoms with Gasteiger partial charge in [-0.15, -0.1) is 0 Å². The normalized spacial score (nSPS) is 20.8. The van der Waals surface area contributed by atoms with Gasteiger partial charge >= 0.3 is 0 Å². The zero-order chi connectivity index (χ0) is 25.5. The van der Waals surface area contributed by atoms with Gasteiger partial charge < -0.3 is 19.6 Å². The minimum absolute atomic E-state index is 0.0285. The lowest BCUT2D eigenvalue weighted by molar-refractivity contribution is -0.136. The molecule has 0 bridgehead atoms. The molecule has 3 aliphatic rings. The summed E-state index contributed by atoms with van der Waals surface area (Å²) in [5.41, 5.74) is 2.83. The molecule has 1 amide bonds. The molecule has 0 aromatic carbocycles. The average Bonchev–Trinajstić information content (AvgIpc) is 3.46. The highest BCUT2D eigenvalue weighted by Crippen LogP contribution is 2.42. The van der Waals surface area contributed by atoms with E-state index in [9.17, 15) is 4.79 Å². The lowest BCUT2D eigenvalue weighted by Crippen LogP contribution is -2.59. The minimum Gasteiger partial charge on any atom is -0.366 e. The second-order valence-corrected chi connectivity index (χ2v) is 12.4. The number of anilines is 2. The van der Waals surface area contributed by atoms with E-state index in [-0.39, 0.29) is 22.8 Å². The van der Waals surface area contributed by atoms with Crippen LogP contribution >= 0.6 is 0 Å². The van der Waals surface area contributed by atoms with Crippen molar-refractivity contribution in [2.24, 2.45) is 16.7 Å². The highest BCUT2D eigenvalue weighted by molar-refractivity contribution is 5.87. The molecule has 1 aliphatic carbocycles. The van der Waals surface area contributed by atoms with Crippen LogP contribution in [0.1, 0.15) is 64.0 Å². The van der Waals surface area contributed by atoms with E-state index in [1.807, 2.05) is 11.0 Å². The van der Waals surface area contributed by atoms with E-state index in [0.29, 0.717) is 5.92 Å². The third-order valence-electron chi connectivity index (χ3n) is 8.07. The number of amides is 1. The van der Waals surface area contributed by atoms with Gasteiger partial charge in [-0.05, 0) is 49.5 Å². The Morgan fingerprint density at radius 2 is 2.06 bits per heavy atom. The number of nitrogens with one attached hydrogen (secondary N) is 1. The standard InChI is InChI=1S/C28H40N6O2/c1-6-24(35)34-17-28(18-34)10-12-33(16-28)26-31-23-15-27(4,5)9-7-22(23)25(32-26)30-20(13-19(2)3)14-21-8-11-29-36-21/h6,8,11,19-20H,1,7,9-10,12-18H2,2-5H3,(H,30,31,32)/t20-/m0/s1. The van der Waals surface area contributed by atoms with Gasteiger partial charge in [0.25, 0.3) is 0 Å². The smallest absolute Gasteiger partial charge is 0.245 e. The number of fused-ring (bicyclic) bond motifs is 1. The molecule has 36 heavy (non-hydrogen) atoms. The molecule has 1 spiro atoms. The first kappa shape index (κ1) is 24.8. The summed E-state index contributed by atoms with van der Waals surface area (Å²) in [6.07, 6.45) is 9.06. The maximum atomic E-state index is 12.0. The van der Waals surface area contributed by atoms with Crippen LogP contribution in [-0.4, -0.2) is 58.2 Å². The van der Waals surface area contributed by atoms with Crippen molar-refractivity contribution in [3.8, 4) is 0 Å². The van der Waals surface area contributed by atoms with Crippen LogP contribution in [0.25, 0.3) is 0 Å². The molecular formula is C28H40N6O2. The molecular weight excluding hydrogens is 452 g/mol. The predicted octanol–water partition coefficient (Wildman–Crippen LogP) is 4.27. The Morgan fingerprint density at radius 3 is 2.75 bits per heavy atom. The number of carbonyl (C=O) groups excluding carboxylic acids is 1. The average molecular weight is 493 g/mol. The van der Waals surface area contributed by atoms with Gasteiger partial charge in [0.15, 0.2) is 0 Å². The first-order valence-corrected chi connectivity index (χ1v) is 13.4. The van der Waals surface area contributed by atoms with Gasteiger partial charge in [0.05, 0.1) is 11.9 Å². The van der Waals surface area contributed by atoms with Crippen LogP contribution in [0, 0.1) is 16.7 Å². The fourth-order valence-electron chi connectivity index (χ4n) is 6.15. The van der Waals surface area contributed by atoms with E-state index in [1.54, 1.807) is 6.20 Å². The van der Waals surface area contributed by atoms with E-state index >= 15 is 0 Å². The zero-order valence-electron chi connectivity index (χ0n) is 22.2. The van der Waals surface area contributed by atoms with Gasteiger partial charge in [0.2, 0.25) is 11.9 Å². The van der Waals surface area contributed by atoms with Gasteiger partial charge in [-0.1, -0.05) is 39.4 Å². The van der Waals surface area contributed by atoms with Crippen LogP contribution < -0.4 is 10.2 Å². The molecule has 5 rings (SSSR count). The number of hydrogen-bond acceptors (Lipinski definition) is 7. The maximum Gasteiger partial charge on any atom is 0.245 e. The number of aromatic nitrogens is 3. The van der Waals surface area contributed by atoms with Gasteiger partial charge in [-0.25, -0.2) is 4.98 Å². The first-order valence-electron chi connectivity index (χ1n) is 13.4. The van der Waals surface area contributed by atoms with Crippen molar-refractivity contribution < 1.29 is 9.32 Å². The third-order valence-corrected chi connectivity index (χ3v) is 8.07. The summed E-state index contributed by atoms with van der Waals surface area (Å²) in [5.74, 6) is 3.26. The van der Waals surface area contributed by atoms with Crippen LogP contribution in [0.4, 0.5) is 11.8 Å². The number of likely N-dealkylation sites (tertiary alicyclic amines) is 1. The van der Waals surface area contributed by atoms with Gasteiger partial charge in [0.1, 0.15) is 11.6 Å². The zero-order valence-corrected chi connectivity index (χ0v) is 22.2. The second-order valence-electron chi connectivity index (χ2n) is 12.4.